The Labute approximate surface area is 154 Å². The Morgan fingerprint density at radius 1 is 1.38 bits per heavy atom. The number of hydrogen-bond donors (Lipinski definition) is 2. The number of guanidine groups is 1. The first-order valence-corrected chi connectivity index (χ1v) is 9.66. The fourth-order valence-electron chi connectivity index (χ4n) is 2.82. The summed E-state index contributed by atoms with van der Waals surface area (Å²) in [6.07, 6.45) is 2.07. The molecule has 0 spiro atoms. The van der Waals surface area contributed by atoms with E-state index in [1.165, 1.54) is 5.69 Å². The van der Waals surface area contributed by atoms with E-state index in [4.69, 9.17) is 4.74 Å². The van der Waals surface area contributed by atoms with E-state index < -0.39 is 0 Å². The van der Waals surface area contributed by atoms with E-state index in [0.29, 0.717) is 6.04 Å². The zero-order valence-corrected chi connectivity index (χ0v) is 16.3. The number of halogens is 1. The third-order valence-corrected chi connectivity index (χ3v) is 4.66. The molecule has 1 atom stereocenters. The maximum absolute atomic E-state index is 5.36. The average Bonchev–Trinajstić information content (AvgIpc) is 3.03. The lowest BCUT2D eigenvalue weighted by atomic mass is 10.3. The Morgan fingerprint density at radius 3 is 2.96 bits per heavy atom. The normalized spacial score (nSPS) is 18.0. The first-order valence-electron chi connectivity index (χ1n) is 8.86. The smallest absolute Gasteiger partial charge is 0.191 e. The Morgan fingerprint density at radius 2 is 2.21 bits per heavy atom. The quantitative estimate of drug-likeness (QED) is 0.402. The van der Waals surface area contributed by atoms with Crippen LogP contribution in [0.2, 0.25) is 0 Å². The second-order valence-corrected chi connectivity index (χ2v) is 6.69. The van der Waals surface area contributed by atoms with Crippen molar-refractivity contribution in [2.45, 2.75) is 32.7 Å². The molecule has 0 saturated carbocycles. The van der Waals surface area contributed by atoms with E-state index in [1.807, 2.05) is 6.92 Å². The largest absolute Gasteiger partial charge is 0.382 e. The van der Waals surface area contributed by atoms with Crippen LogP contribution in [0.4, 0.5) is 5.69 Å². The number of para-hydroxylation sites is 1. The number of rotatable bonds is 8. The highest BCUT2D eigenvalue weighted by Crippen LogP contribution is 2.28. The van der Waals surface area contributed by atoms with Crippen LogP contribution >= 0.6 is 15.9 Å². The minimum Gasteiger partial charge on any atom is -0.382 e. The molecule has 1 aliphatic rings. The summed E-state index contributed by atoms with van der Waals surface area (Å²) >= 11 is 3.65. The van der Waals surface area contributed by atoms with Gasteiger partial charge in [-0.2, -0.15) is 0 Å². The van der Waals surface area contributed by atoms with Gasteiger partial charge in [0, 0.05) is 49.9 Å². The summed E-state index contributed by atoms with van der Waals surface area (Å²) in [6, 6.07) is 8.82. The van der Waals surface area contributed by atoms with Gasteiger partial charge in [0.1, 0.15) is 0 Å². The Bertz CT molecular complexity index is 523. The molecule has 2 N–H and O–H groups in total. The molecule has 134 valence electrons. The molecule has 0 radical (unpaired) electrons. The van der Waals surface area contributed by atoms with Crippen molar-refractivity contribution in [1.82, 2.24) is 10.6 Å². The van der Waals surface area contributed by atoms with Crippen LogP contribution in [0.15, 0.2) is 33.7 Å². The zero-order chi connectivity index (χ0) is 17.2. The van der Waals surface area contributed by atoms with Crippen LogP contribution in [0.1, 0.15) is 26.7 Å². The maximum Gasteiger partial charge on any atom is 0.191 e. The number of ether oxygens (including phenoxy) is 1. The van der Waals surface area contributed by atoms with Crippen LogP contribution in [0.5, 0.6) is 0 Å². The van der Waals surface area contributed by atoms with Crippen LogP contribution in [-0.2, 0) is 4.74 Å². The van der Waals surface area contributed by atoms with Crippen molar-refractivity contribution in [3.63, 3.8) is 0 Å². The molecular formula is C18H29BrN4O. The summed E-state index contributed by atoms with van der Waals surface area (Å²) in [5.41, 5.74) is 1.26. The Kier molecular flexibility index (Phi) is 8.39. The molecule has 0 aromatic heterocycles. The standard InChI is InChI=1S/C18H29BrN4O/c1-3-20-18(21-11-7-13-24-4-2)22-15-10-12-23(14-15)17-9-6-5-8-16(17)19/h5-6,8-9,15H,3-4,7,10-14H2,1-2H3,(H2,20,21,22). The van der Waals surface area contributed by atoms with Crippen molar-refractivity contribution in [1.29, 1.82) is 0 Å². The van der Waals surface area contributed by atoms with Crippen molar-refractivity contribution in [2.24, 2.45) is 4.99 Å². The van der Waals surface area contributed by atoms with Gasteiger partial charge in [0.25, 0.3) is 0 Å². The van der Waals surface area contributed by atoms with E-state index in [-0.39, 0.29) is 0 Å². The first kappa shape index (κ1) is 19.1. The van der Waals surface area contributed by atoms with Gasteiger partial charge in [0.15, 0.2) is 5.96 Å². The number of hydrogen-bond acceptors (Lipinski definition) is 3. The van der Waals surface area contributed by atoms with Crippen molar-refractivity contribution in [3.05, 3.63) is 28.7 Å². The number of benzene rings is 1. The topological polar surface area (TPSA) is 48.9 Å². The van der Waals surface area contributed by atoms with Crippen molar-refractivity contribution in [2.75, 3.05) is 44.3 Å². The van der Waals surface area contributed by atoms with Gasteiger partial charge in [-0.15, -0.1) is 0 Å². The van der Waals surface area contributed by atoms with Crippen molar-refractivity contribution >= 4 is 27.6 Å². The second-order valence-electron chi connectivity index (χ2n) is 5.84. The summed E-state index contributed by atoms with van der Waals surface area (Å²) in [5, 5.41) is 6.90. The molecule has 1 unspecified atom stereocenters. The van der Waals surface area contributed by atoms with Crippen LogP contribution < -0.4 is 15.5 Å². The van der Waals surface area contributed by atoms with Gasteiger partial charge in [-0.3, -0.25) is 4.99 Å². The molecule has 5 nitrogen and oxygen atoms in total. The van der Waals surface area contributed by atoms with Crippen LogP contribution in [0.25, 0.3) is 0 Å². The van der Waals surface area contributed by atoms with E-state index in [2.05, 4.69) is 67.6 Å². The third-order valence-electron chi connectivity index (χ3n) is 3.99. The molecule has 1 aromatic rings. The zero-order valence-electron chi connectivity index (χ0n) is 14.7. The molecule has 1 saturated heterocycles. The molecular weight excluding hydrogens is 368 g/mol. The Balaban J connectivity index is 1.84. The molecule has 24 heavy (non-hydrogen) atoms. The first-order chi connectivity index (χ1) is 11.7. The van der Waals surface area contributed by atoms with Gasteiger partial charge in [0.05, 0.1) is 5.69 Å². The molecule has 1 heterocycles. The molecule has 1 fully saturated rings. The molecule has 1 aliphatic heterocycles. The van der Waals surface area contributed by atoms with E-state index in [9.17, 15) is 0 Å². The van der Waals surface area contributed by atoms with Crippen LogP contribution in [-0.4, -0.2) is 51.4 Å². The molecule has 0 aliphatic carbocycles. The molecule has 6 heteroatoms. The monoisotopic (exact) mass is 396 g/mol. The minimum atomic E-state index is 0.418. The van der Waals surface area contributed by atoms with Crippen molar-refractivity contribution in [3.8, 4) is 0 Å². The number of anilines is 1. The molecule has 0 amide bonds. The van der Waals surface area contributed by atoms with E-state index >= 15 is 0 Å². The number of aliphatic imine (C=N–C) groups is 1. The summed E-state index contributed by atoms with van der Waals surface area (Å²) in [4.78, 5) is 7.07. The van der Waals surface area contributed by atoms with Gasteiger partial charge in [-0.25, -0.2) is 0 Å². The summed E-state index contributed by atoms with van der Waals surface area (Å²) in [7, 11) is 0. The average molecular weight is 397 g/mol. The highest BCUT2D eigenvalue weighted by molar-refractivity contribution is 9.10. The van der Waals surface area contributed by atoms with Gasteiger partial charge in [-0.05, 0) is 54.8 Å². The number of nitrogens with zero attached hydrogens (tertiary/aromatic N) is 2. The second kappa shape index (κ2) is 10.6. The SMILES string of the molecule is CCNC(=NCCCOCC)NC1CCN(c2ccccc2Br)C1. The van der Waals surface area contributed by atoms with Gasteiger partial charge in [-0.1, -0.05) is 12.1 Å². The van der Waals surface area contributed by atoms with Crippen LogP contribution in [0.3, 0.4) is 0 Å². The van der Waals surface area contributed by atoms with Gasteiger partial charge < -0.3 is 20.3 Å². The Hall–Kier alpha value is -1.27. The fraction of sp³-hybridized carbons (Fsp3) is 0.611. The molecule has 0 bridgehead atoms. The fourth-order valence-corrected chi connectivity index (χ4v) is 3.36. The summed E-state index contributed by atoms with van der Waals surface area (Å²) < 4.78 is 6.52. The summed E-state index contributed by atoms with van der Waals surface area (Å²) in [6.45, 7) is 9.38. The lowest BCUT2D eigenvalue weighted by Gasteiger charge is -2.21. The van der Waals surface area contributed by atoms with E-state index in [1.54, 1.807) is 0 Å². The van der Waals surface area contributed by atoms with Crippen molar-refractivity contribution < 1.29 is 4.74 Å². The predicted octanol–water partition coefficient (Wildman–Crippen LogP) is 3.01. The highest BCUT2D eigenvalue weighted by atomic mass is 79.9. The van der Waals surface area contributed by atoms with E-state index in [0.717, 1.165) is 62.7 Å². The molecule has 2 rings (SSSR count). The lowest BCUT2D eigenvalue weighted by Crippen LogP contribution is -2.44. The van der Waals surface area contributed by atoms with Crippen LogP contribution in [0, 0.1) is 0 Å². The van der Waals surface area contributed by atoms with Gasteiger partial charge >= 0.3 is 0 Å². The molecule has 1 aromatic carbocycles. The maximum atomic E-state index is 5.36. The third kappa shape index (κ3) is 5.98. The number of nitrogens with one attached hydrogen (secondary N) is 2. The predicted molar refractivity (Wildman–Crippen MR) is 105 cm³/mol. The highest BCUT2D eigenvalue weighted by Gasteiger charge is 2.24. The van der Waals surface area contributed by atoms with Gasteiger partial charge in [0.2, 0.25) is 0 Å². The summed E-state index contributed by atoms with van der Waals surface area (Å²) in [5.74, 6) is 0.910. The lowest BCUT2D eigenvalue weighted by molar-refractivity contribution is 0.146. The minimum absolute atomic E-state index is 0.418.